The molecule has 0 spiro atoms. The SMILES string of the molecule is Cc1nc(S(=O)(=O)N2CCC(C(=O)NNC(=O)Cc3c[nH]c4ccccc34)CC2)cn1C. The second kappa shape index (κ2) is 8.75. The second-order valence-electron chi connectivity index (χ2n) is 7.99. The molecule has 3 heterocycles. The Morgan fingerprint density at radius 2 is 1.91 bits per heavy atom. The smallest absolute Gasteiger partial charge is 0.262 e. The van der Waals surface area contributed by atoms with E-state index in [1.807, 2.05) is 24.3 Å². The van der Waals surface area contributed by atoms with Crippen LogP contribution in [0.25, 0.3) is 10.9 Å². The molecule has 1 aliphatic heterocycles. The van der Waals surface area contributed by atoms with Gasteiger partial charge in [0.15, 0.2) is 5.03 Å². The number of piperidine rings is 1. The number of rotatable bonds is 5. The summed E-state index contributed by atoms with van der Waals surface area (Å²) in [7, 11) is -1.95. The molecule has 32 heavy (non-hydrogen) atoms. The molecule has 2 amide bonds. The molecule has 11 heteroatoms. The van der Waals surface area contributed by atoms with Gasteiger partial charge in [-0.05, 0) is 31.4 Å². The van der Waals surface area contributed by atoms with Crippen LogP contribution in [-0.4, -0.2) is 52.2 Å². The number of aromatic amines is 1. The highest BCUT2D eigenvalue weighted by Crippen LogP contribution is 2.23. The van der Waals surface area contributed by atoms with Crippen molar-refractivity contribution in [2.24, 2.45) is 13.0 Å². The van der Waals surface area contributed by atoms with E-state index in [-0.39, 0.29) is 42.3 Å². The summed E-state index contributed by atoms with van der Waals surface area (Å²) < 4.78 is 28.6. The maximum atomic E-state index is 12.8. The molecule has 10 nitrogen and oxygen atoms in total. The van der Waals surface area contributed by atoms with E-state index in [0.29, 0.717) is 18.7 Å². The summed E-state index contributed by atoms with van der Waals surface area (Å²) in [6, 6.07) is 7.68. The number of hydrogen-bond donors (Lipinski definition) is 3. The van der Waals surface area contributed by atoms with E-state index in [0.717, 1.165) is 16.5 Å². The number of amides is 2. The van der Waals surface area contributed by atoms with Gasteiger partial charge in [-0.3, -0.25) is 20.4 Å². The zero-order chi connectivity index (χ0) is 22.9. The number of benzene rings is 1. The average Bonchev–Trinajstić information content (AvgIpc) is 3.35. The molecular formula is C21H26N6O4S. The lowest BCUT2D eigenvalue weighted by molar-refractivity contribution is -0.131. The molecule has 0 unspecified atom stereocenters. The fourth-order valence-corrected chi connectivity index (χ4v) is 5.36. The number of imidazole rings is 1. The third kappa shape index (κ3) is 4.39. The van der Waals surface area contributed by atoms with Gasteiger partial charge in [0.1, 0.15) is 5.82 Å². The van der Waals surface area contributed by atoms with Gasteiger partial charge in [0, 0.05) is 49.4 Å². The fourth-order valence-electron chi connectivity index (χ4n) is 3.87. The third-order valence-electron chi connectivity index (χ3n) is 5.87. The van der Waals surface area contributed by atoms with Crippen molar-refractivity contribution in [3.63, 3.8) is 0 Å². The first-order valence-corrected chi connectivity index (χ1v) is 11.8. The summed E-state index contributed by atoms with van der Waals surface area (Å²) in [5, 5.41) is 0.982. The molecule has 1 aliphatic rings. The van der Waals surface area contributed by atoms with Crippen LogP contribution in [0.4, 0.5) is 0 Å². The number of fused-ring (bicyclic) bond motifs is 1. The Morgan fingerprint density at radius 1 is 1.19 bits per heavy atom. The lowest BCUT2D eigenvalue weighted by atomic mass is 9.98. The Kier molecular flexibility index (Phi) is 6.02. The Bertz CT molecular complexity index is 1230. The molecule has 4 rings (SSSR count). The summed E-state index contributed by atoms with van der Waals surface area (Å²) in [6.07, 6.45) is 4.15. The second-order valence-corrected chi connectivity index (χ2v) is 9.87. The highest BCUT2D eigenvalue weighted by Gasteiger charge is 2.33. The largest absolute Gasteiger partial charge is 0.361 e. The predicted octanol–water partition coefficient (Wildman–Crippen LogP) is 1.00. The van der Waals surface area contributed by atoms with Crippen molar-refractivity contribution < 1.29 is 18.0 Å². The van der Waals surface area contributed by atoms with E-state index in [2.05, 4.69) is 20.8 Å². The van der Waals surface area contributed by atoms with E-state index < -0.39 is 10.0 Å². The maximum Gasteiger partial charge on any atom is 0.262 e. The van der Waals surface area contributed by atoms with E-state index in [9.17, 15) is 18.0 Å². The number of H-pyrrole nitrogens is 1. The van der Waals surface area contributed by atoms with Crippen molar-refractivity contribution in [1.82, 2.24) is 29.7 Å². The molecule has 0 bridgehead atoms. The molecule has 0 atom stereocenters. The molecular weight excluding hydrogens is 432 g/mol. The van der Waals surface area contributed by atoms with Gasteiger partial charge in [0.25, 0.3) is 10.0 Å². The molecule has 1 aromatic carbocycles. The van der Waals surface area contributed by atoms with Crippen LogP contribution in [0.5, 0.6) is 0 Å². The number of para-hydroxylation sites is 1. The average molecular weight is 459 g/mol. The molecule has 0 aliphatic carbocycles. The van der Waals surface area contributed by atoms with Crippen LogP contribution >= 0.6 is 0 Å². The minimum Gasteiger partial charge on any atom is -0.361 e. The molecule has 1 saturated heterocycles. The van der Waals surface area contributed by atoms with Crippen molar-refractivity contribution in [3.05, 3.63) is 48.0 Å². The third-order valence-corrected chi connectivity index (χ3v) is 7.64. The fraction of sp³-hybridized carbons (Fsp3) is 0.381. The van der Waals surface area contributed by atoms with E-state index >= 15 is 0 Å². The lowest BCUT2D eigenvalue weighted by Crippen LogP contribution is -2.48. The Balaban J connectivity index is 1.27. The molecule has 3 N–H and O–H groups in total. The zero-order valence-electron chi connectivity index (χ0n) is 18.0. The van der Waals surface area contributed by atoms with E-state index in [1.54, 1.807) is 24.7 Å². The first-order chi connectivity index (χ1) is 15.3. The van der Waals surface area contributed by atoms with Crippen LogP contribution in [0.15, 0.2) is 41.7 Å². The highest BCUT2D eigenvalue weighted by atomic mass is 32.2. The van der Waals surface area contributed by atoms with Crippen LogP contribution in [0.3, 0.4) is 0 Å². The molecule has 170 valence electrons. The zero-order valence-corrected chi connectivity index (χ0v) is 18.8. The summed E-state index contributed by atoms with van der Waals surface area (Å²) in [5.41, 5.74) is 6.73. The van der Waals surface area contributed by atoms with Gasteiger partial charge in [-0.2, -0.15) is 4.31 Å². The summed E-state index contributed by atoms with van der Waals surface area (Å²) in [6.45, 7) is 2.18. The number of nitrogens with zero attached hydrogens (tertiary/aromatic N) is 3. The van der Waals surface area contributed by atoms with Crippen molar-refractivity contribution in [2.75, 3.05) is 13.1 Å². The number of hydrazine groups is 1. The van der Waals surface area contributed by atoms with Crippen LogP contribution in [0, 0.1) is 12.8 Å². The van der Waals surface area contributed by atoms with Crippen LogP contribution in [-0.2, 0) is 33.1 Å². The van der Waals surface area contributed by atoms with Crippen molar-refractivity contribution >= 4 is 32.7 Å². The lowest BCUT2D eigenvalue weighted by Gasteiger charge is -2.29. The molecule has 0 radical (unpaired) electrons. The molecule has 0 saturated carbocycles. The van der Waals surface area contributed by atoms with Crippen molar-refractivity contribution in [1.29, 1.82) is 0 Å². The number of hydrogen-bond acceptors (Lipinski definition) is 5. The number of aromatic nitrogens is 3. The van der Waals surface area contributed by atoms with Gasteiger partial charge in [0.05, 0.1) is 6.42 Å². The standard InChI is InChI=1S/C21H26N6O4S/c1-14-23-20(13-26(14)2)32(30,31)27-9-7-15(8-10-27)21(29)25-24-19(28)11-16-12-22-18-6-4-3-5-17(16)18/h3-6,12-13,15,22H,7-11H2,1-2H3,(H,24,28)(H,25,29). The van der Waals surface area contributed by atoms with Gasteiger partial charge in [-0.1, -0.05) is 18.2 Å². The summed E-state index contributed by atoms with van der Waals surface area (Å²) >= 11 is 0. The topological polar surface area (TPSA) is 129 Å². The summed E-state index contributed by atoms with van der Waals surface area (Å²) in [4.78, 5) is 32.0. The predicted molar refractivity (Wildman–Crippen MR) is 118 cm³/mol. The Hall–Kier alpha value is -3.18. The van der Waals surface area contributed by atoms with Crippen LogP contribution in [0.1, 0.15) is 24.2 Å². The normalized spacial score (nSPS) is 15.7. The molecule has 2 aromatic heterocycles. The number of carbonyl (C=O) groups excluding carboxylic acids is 2. The van der Waals surface area contributed by atoms with Gasteiger partial charge in [0.2, 0.25) is 11.8 Å². The minimum absolute atomic E-state index is 0.0185. The molecule has 3 aromatic rings. The van der Waals surface area contributed by atoms with E-state index in [1.165, 1.54) is 10.5 Å². The first kappa shape index (κ1) is 22.0. The summed E-state index contributed by atoms with van der Waals surface area (Å²) in [5.74, 6) is -0.404. The van der Waals surface area contributed by atoms with Gasteiger partial charge >= 0.3 is 0 Å². The minimum atomic E-state index is -3.69. The first-order valence-electron chi connectivity index (χ1n) is 10.4. The van der Waals surface area contributed by atoms with Gasteiger partial charge in [-0.25, -0.2) is 13.4 Å². The monoisotopic (exact) mass is 458 g/mol. The van der Waals surface area contributed by atoms with Crippen molar-refractivity contribution in [2.45, 2.75) is 31.2 Å². The van der Waals surface area contributed by atoms with Gasteiger partial charge in [-0.15, -0.1) is 0 Å². The van der Waals surface area contributed by atoms with E-state index in [4.69, 9.17) is 0 Å². The van der Waals surface area contributed by atoms with Crippen LogP contribution in [0.2, 0.25) is 0 Å². The number of carbonyl (C=O) groups is 2. The number of nitrogens with one attached hydrogen (secondary N) is 3. The number of sulfonamides is 1. The maximum absolute atomic E-state index is 12.8. The number of aryl methyl sites for hydroxylation is 2. The quantitative estimate of drug-likeness (QED) is 0.491. The van der Waals surface area contributed by atoms with Crippen molar-refractivity contribution in [3.8, 4) is 0 Å². The Labute approximate surface area is 186 Å². The Morgan fingerprint density at radius 3 is 2.59 bits per heavy atom. The van der Waals surface area contributed by atoms with Gasteiger partial charge < -0.3 is 9.55 Å². The highest BCUT2D eigenvalue weighted by molar-refractivity contribution is 7.89. The molecule has 1 fully saturated rings. The van der Waals surface area contributed by atoms with Crippen LogP contribution < -0.4 is 10.9 Å².